The Morgan fingerprint density at radius 2 is 0.566 bits per heavy atom. The lowest BCUT2D eigenvalue weighted by Crippen LogP contribution is -2.00. The summed E-state index contributed by atoms with van der Waals surface area (Å²) in [4.78, 5) is 10.8. The first kappa shape index (κ1) is 61.1. The zero-order valence-electron chi connectivity index (χ0n) is 42.7. The van der Waals surface area contributed by atoms with Crippen LogP contribution in [-0.2, 0) is 25.7 Å². The standard InChI is InChI=1S/C17H14N4O2.C16H14N4.C11H12N4.C10H10N4.4B/c1-2-11-3-5-12(6-4-11)15-18-20-16(21-19-15)13-7-9-14(10-8-13)17(22)23;1-2-12-8-10-14(11-9-12)16-19-17-15(18-20-16)13-6-4-3-5-7-13;1-3-9-4-6-10(7-5-9)11-14-12-8(2)13-15-11;1-2-8-3-5-9(6-4-8)10-13-11-7-12-14-10;;;;/h3-10H,2H2,1H3,(H,22,23);3-11H,2H2,1H3;4-7H,3H2,1-2H3;3-7H,2H2,1H3;;;;. The van der Waals surface area contributed by atoms with Gasteiger partial charge in [-0.25, -0.2) is 4.79 Å². The van der Waals surface area contributed by atoms with Crippen molar-refractivity contribution in [1.82, 2.24) is 81.6 Å². The molecule has 0 fully saturated rings. The van der Waals surface area contributed by atoms with Gasteiger partial charge in [0.15, 0.2) is 12.2 Å². The Morgan fingerprint density at radius 1 is 0.329 bits per heavy atom. The van der Waals surface area contributed by atoms with Gasteiger partial charge in [0.2, 0.25) is 34.9 Å². The minimum atomic E-state index is -0.973. The minimum Gasteiger partial charge on any atom is -0.478 e. The van der Waals surface area contributed by atoms with E-state index in [4.69, 9.17) is 5.11 Å². The van der Waals surface area contributed by atoms with Crippen molar-refractivity contribution in [3.63, 3.8) is 0 Å². The fourth-order valence-electron chi connectivity index (χ4n) is 6.54. The van der Waals surface area contributed by atoms with Crippen LogP contribution in [0, 0.1) is 6.92 Å². The maximum absolute atomic E-state index is 10.8. The van der Waals surface area contributed by atoms with Crippen molar-refractivity contribution in [2.24, 2.45) is 0 Å². The maximum Gasteiger partial charge on any atom is 0.335 e. The van der Waals surface area contributed by atoms with Crippen LogP contribution < -0.4 is 0 Å². The SMILES string of the molecule is CCc1ccc(-c2nnc(-c3ccc(C(=O)O)cc3)nn2)cc1.CCc1ccc(-c2nnc(-c3ccccc3)nn2)cc1.CCc1ccc(-c2nnc(C)nn2)cc1.CCc1ccc(-c2nncnn2)cc1.[B].[B].[B].[B]. The summed E-state index contributed by atoms with van der Waals surface area (Å²) in [6, 6.07) is 48.3. The monoisotopic (exact) mass is 998 g/mol. The lowest BCUT2D eigenvalue weighted by molar-refractivity contribution is 0.0697. The highest BCUT2D eigenvalue weighted by Crippen LogP contribution is 2.20. The van der Waals surface area contributed by atoms with Crippen molar-refractivity contribution >= 4 is 39.6 Å². The molecule has 0 unspecified atom stereocenters. The van der Waals surface area contributed by atoms with Crippen LogP contribution in [0.15, 0.2) is 158 Å². The lowest BCUT2D eigenvalue weighted by atomic mass is 10.1. The van der Waals surface area contributed by atoms with E-state index in [0.717, 1.165) is 53.5 Å². The highest BCUT2D eigenvalue weighted by molar-refractivity contribution is 5.88. The van der Waals surface area contributed by atoms with Gasteiger partial charge in [0.1, 0.15) is 0 Å². The summed E-state index contributed by atoms with van der Waals surface area (Å²) in [5.74, 6) is 2.66. The van der Waals surface area contributed by atoms with Gasteiger partial charge in [-0.15, -0.1) is 81.6 Å². The summed E-state index contributed by atoms with van der Waals surface area (Å²) in [5.41, 5.74) is 10.6. The number of aryl methyl sites for hydroxylation is 5. The van der Waals surface area contributed by atoms with E-state index in [1.807, 2.05) is 91.0 Å². The predicted molar refractivity (Wildman–Crippen MR) is 295 cm³/mol. The molecular formula is C54H50B4N16O2. The van der Waals surface area contributed by atoms with E-state index in [1.54, 1.807) is 19.1 Å². The summed E-state index contributed by atoms with van der Waals surface area (Å²) in [5, 5.41) is 72.7. The van der Waals surface area contributed by atoms with Crippen LogP contribution in [0.2, 0.25) is 0 Å². The molecule has 0 amide bonds. The molecule has 4 heterocycles. The Labute approximate surface area is 449 Å². The van der Waals surface area contributed by atoms with Gasteiger partial charge < -0.3 is 5.11 Å². The third-order valence-electron chi connectivity index (χ3n) is 10.8. The highest BCUT2D eigenvalue weighted by atomic mass is 16.4. The van der Waals surface area contributed by atoms with E-state index < -0.39 is 5.97 Å². The number of hydrogen-bond acceptors (Lipinski definition) is 17. The molecule has 0 saturated carbocycles. The molecule has 76 heavy (non-hydrogen) atoms. The third-order valence-corrected chi connectivity index (χ3v) is 10.8. The van der Waals surface area contributed by atoms with Gasteiger partial charge in [-0.2, -0.15) is 0 Å². The third kappa shape index (κ3) is 17.5. The van der Waals surface area contributed by atoms with Crippen molar-refractivity contribution in [3.05, 3.63) is 192 Å². The molecule has 0 saturated heterocycles. The maximum atomic E-state index is 10.8. The van der Waals surface area contributed by atoms with E-state index in [1.165, 1.54) is 40.7 Å². The number of hydrogen-bond donors (Lipinski definition) is 1. The van der Waals surface area contributed by atoms with Crippen molar-refractivity contribution < 1.29 is 9.90 Å². The van der Waals surface area contributed by atoms with E-state index in [9.17, 15) is 4.79 Å². The van der Waals surface area contributed by atoms with Crippen molar-refractivity contribution in [3.8, 4) is 68.3 Å². The van der Waals surface area contributed by atoms with Crippen LogP contribution in [0.4, 0.5) is 0 Å². The number of nitrogens with zero attached hydrogens (tertiary/aromatic N) is 16. The summed E-state index contributed by atoms with van der Waals surface area (Å²) >= 11 is 0. The number of carboxylic acid groups (broad SMARTS) is 1. The van der Waals surface area contributed by atoms with E-state index in [2.05, 4.69) is 146 Å². The zero-order valence-corrected chi connectivity index (χ0v) is 42.7. The molecule has 6 aromatic carbocycles. The first-order valence-corrected chi connectivity index (χ1v) is 23.2. The number of rotatable bonds is 11. The quantitative estimate of drug-likeness (QED) is 0.121. The second-order valence-electron chi connectivity index (χ2n) is 15.7. The van der Waals surface area contributed by atoms with Crippen molar-refractivity contribution in [1.29, 1.82) is 0 Å². The minimum absolute atomic E-state index is 0. The normalized spacial score (nSPS) is 9.80. The van der Waals surface area contributed by atoms with Gasteiger partial charge in [-0.3, -0.25) is 0 Å². The Hall–Kier alpha value is -9.19. The van der Waals surface area contributed by atoms with E-state index in [0.29, 0.717) is 46.3 Å². The van der Waals surface area contributed by atoms with Crippen LogP contribution in [0.3, 0.4) is 0 Å². The van der Waals surface area contributed by atoms with Gasteiger partial charge in [0.05, 0.1) is 5.56 Å². The molecular weight excluding hydrogens is 948 g/mol. The van der Waals surface area contributed by atoms with Crippen molar-refractivity contribution in [2.75, 3.05) is 0 Å². The molecule has 0 bridgehead atoms. The highest BCUT2D eigenvalue weighted by Gasteiger charge is 2.10. The Morgan fingerprint density at radius 3 is 0.829 bits per heavy atom. The van der Waals surface area contributed by atoms with E-state index >= 15 is 0 Å². The first-order chi connectivity index (χ1) is 35.2. The predicted octanol–water partition coefficient (Wildman–Crippen LogP) is 7.80. The molecule has 0 aliphatic heterocycles. The number of benzene rings is 6. The Bertz CT molecular complexity index is 3210. The van der Waals surface area contributed by atoms with E-state index in [-0.39, 0.29) is 39.2 Å². The van der Waals surface area contributed by atoms with Gasteiger partial charge in [0, 0.05) is 67.0 Å². The largest absolute Gasteiger partial charge is 0.478 e. The molecule has 1 N–H and O–H groups in total. The number of carboxylic acids is 1. The molecule has 0 aliphatic rings. The fraction of sp³-hybridized carbons (Fsp3) is 0.167. The van der Waals surface area contributed by atoms with Crippen LogP contribution in [0.5, 0.6) is 0 Å². The fourth-order valence-corrected chi connectivity index (χ4v) is 6.54. The van der Waals surface area contributed by atoms with Crippen LogP contribution in [0.25, 0.3) is 68.3 Å². The second-order valence-corrected chi connectivity index (χ2v) is 15.7. The molecule has 12 radical (unpaired) electrons. The van der Waals surface area contributed by atoms with Crippen LogP contribution in [0.1, 0.15) is 66.1 Å². The summed E-state index contributed by atoms with van der Waals surface area (Å²) in [6.07, 6.45) is 5.38. The van der Waals surface area contributed by atoms with Crippen molar-refractivity contribution in [2.45, 2.75) is 60.3 Å². The molecule has 0 atom stereocenters. The van der Waals surface area contributed by atoms with Gasteiger partial charge in [0.25, 0.3) is 0 Å². The number of carbonyl (C=O) groups is 1. The van der Waals surface area contributed by atoms with Gasteiger partial charge in [-0.05, 0) is 67.0 Å². The van der Waals surface area contributed by atoms with Crippen LogP contribution >= 0.6 is 0 Å². The first-order valence-electron chi connectivity index (χ1n) is 23.2. The molecule has 18 nitrogen and oxygen atoms in total. The van der Waals surface area contributed by atoms with Crippen LogP contribution in [-0.4, -0.2) is 126 Å². The molecule has 0 aliphatic carbocycles. The Kier molecular flexibility index (Phi) is 25.3. The molecule has 4 aromatic heterocycles. The zero-order chi connectivity index (χ0) is 50.5. The molecule has 22 heteroatoms. The molecule has 10 rings (SSSR count). The second kappa shape index (κ2) is 31.4. The molecule has 10 aromatic rings. The lowest BCUT2D eigenvalue weighted by Gasteiger charge is -2.02. The smallest absolute Gasteiger partial charge is 0.335 e. The van der Waals surface area contributed by atoms with Gasteiger partial charge in [-0.1, -0.05) is 167 Å². The topological polar surface area (TPSA) is 244 Å². The number of aromatic carboxylic acids is 1. The Balaban J connectivity index is 0.000000267. The molecule has 0 spiro atoms. The average Bonchev–Trinajstić information content (AvgIpc) is 3.46. The average molecular weight is 998 g/mol. The van der Waals surface area contributed by atoms with Gasteiger partial charge >= 0.3 is 5.97 Å². The number of aromatic nitrogens is 16. The summed E-state index contributed by atoms with van der Waals surface area (Å²) < 4.78 is 0. The summed E-state index contributed by atoms with van der Waals surface area (Å²) in [7, 11) is 0. The molecule has 370 valence electrons. The summed E-state index contributed by atoms with van der Waals surface area (Å²) in [6.45, 7) is 10.2.